The maximum atomic E-state index is 12.4. The van der Waals surface area contributed by atoms with Crippen molar-refractivity contribution in [3.05, 3.63) is 29.8 Å². The lowest BCUT2D eigenvalue weighted by atomic mass is 9.96. The molecule has 0 radical (unpaired) electrons. The lowest BCUT2D eigenvalue weighted by molar-refractivity contribution is -0.132. The van der Waals surface area contributed by atoms with E-state index < -0.39 is 0 Å². The smallest absolute Gasteiger partial charge is 0.223 e. The fourth-order valence-corrected chi connectivity index (χ4v) is 2.73. The Labute approximate surface area is 133 Å². The Hall–Kier alpha value is -1.26. The third-order valence-corrected chi connectivity index (χ3v) is 3.87. The number of halogens is 1. The van der Waals surface area contributed by atoms with Crippen LogP contribution in [0.25, 0.3) is 0 Å². The van der Waals surface area contributed by atoms with Gasteiger partial charge in [-0.25, -0.2) is 0 Å². The van der Waals surface area contributed by atoms with Crippen molar-refractivity contribution < 1.29 is 9.53 Å². The highest BCUT2D eigenvalue weighted by Crippen LogP contribution is 2.28. The molecular weight excluding hydrogens is 288 g/mol. The van der Waals surface area contributed by atoms with E-state index in [9.17, 15) is 4.79 Å². The number of rotatable bonds is 4. The summed E-state index contributed by atoms with van der Waals surface area (Å²) >= 11 is 0. The van der Waals surface area contributed by atoms with Gasteiger partial charge in [-0.2, -0.15) is 0 Å². The van der Waals surface area contributed by atoms with Gasteiger partial charge in [0.25, 0.3) is 0 Å². The van der Waals surface area contributed by atoms with Crippen LogP contribution in [0, 0.1) is 0 Å². The predicted octanol–water partition coefficient (Wildman–Crippen LogP) is 2.43. The van der Waals surface area contributed by atoms with Gasteiger partial charge in [0.15, 0.2) is 0 Å². The number of carbonyl (C=O) groups is 1. The summed E-state index contributed by atoms with van der Waals surface area (Å²) in [4.78, 5) is 14.3. The summed E-state index contributed by atoms with van der Waals surface area (Å²) < 4.78 is 5.38. The van der Waals surface area contributed by atoms with Gasteiger partial charge in [-0.1, -0.05) is 25.1 Å². The van der Waals surface area contributed by atoms with Crippen molar-refractivity contribution in [2.45, 2.75) is 32.2 Å². The SMILES string of the molecule is COc1ccccc1C(C)CC(=O)N1CCNC(C)C1.Cl. The van der Waals surface area contributed by atoms with Crippen LogP contribution in [0.3, 0.4) is 0 Å². The number of amides is 1. The fraction of sp³-hybridized carbons (Fsp3) is 0.562. The molecule has 118 valence electrons. The normalized spacial score (nSPS) is 19.6. The standard InChI is InChI=1S/C16H24N2O2.ClH/c1-12(14-6-4-5-7-15(14)20-3)10-16(19)18-9-8-17-13(2)11-18;/h4-7,12-13,17H,8-11H2,1-3H3;1H. The summed E-state index contributed by atoms with van der Waals surface area (Å²) in [5, 5.41) is 3.36. The number of piperazine rings is 1. The molecule has 1 saturated heterocycles. The average molecular weight is 313 g/mol. The molecular formula is C16H25ClN2O2. The fourth-order valence-electron chi connectivity index (χ4n) is 2.73. The van der Waals surface area contributed by atoms with Crippen molar-refractivity contribution in [3.63, 3.8) is 0 Å². The highest BCUT2D eigenvalue weighted by Gasteiger charge is 2.23. The predicted molar refractivity (Wildman–Crippen MR) is 87.3 cm³/mol. The molecule has 4 nitrogen and oxygen atoms in total. The largest absolute Gasteiger partial charge is 0.496 e. The number of para-hydroxylation sites is 1. The zero-order valence-electron chi connectivity index (χ0n) is 13.0. The molecule has 1 heterocycles. The summed E-state index contributed by atoms with van der Waals surface area (Å²) in [5.41, 5.74) is 1.10. The first-order valence-corrected chi connectivity index (χ1v) is 7.26. The summed E-state index contributed by atoms with van der Waals surface area (Å²) in [6, 6.07) is 8.32. The van der Waals surface area contributed by atoms with Crippen molar-refractivity contribution in [3.8, 4) is 5.75 Å². The number of hydrogen-bond donors (Lipinski definition) is 1. The number of nitrogens with zero attached hydrogens (tertiary/aromatic N) is 1. The Balaban J connectivity index is 0.00000220. The Morgan fingerprint density at radius 1 is 1.48 bits per heavy atom. The molecule has 1 aliphatic rings. The summed E-state index contributed by atoms with van der Waals surface area (Å²) in [5.74, 6) is 1.27. The molecule has 0 spiro atoms. The van der Waals surface area contributed by atoms with Crippen LogP contribution >= 0.6 is 12.4 Å². The lowest BCUT2D eigenvalue weighted by Gasteiger charge is -2.32. The third-order valence-electron chi connectivity index (χ3n) is 3.87. The quantitative estimate of drug-likeness (QED) is 0.928. The van der Waals surface area contributed by atoms with E-state index in [4.69, 9.17) is 4.74 Å². The first-order valence-electron chi connectivity index (χ1n) is 7.26. The van der Waals surface area contributed by atoms with Gasteiger partial charge in [0.2, 0.25) is 5.91 Å². The summed E-state index contributed by atoms with van der Waals surface area (Å²) in [7, 11) is 1.67. The van der Waals surface area contributed by atoms with Gasteiger partial charge in [-0.3, -0.25) is 4.79 Å². The van der Waals surface area contributed by atoms with Crippen LogP contribution < -0.4 is 10.1 Å². The second-order valence-electron chi connectivity index (χ2n) is 5.54. The van der Waals surface area contributed by atoms with Crippen molar-refractivity contribution in [1.29, 1.82) is 0 Å². The summed E-state index contributed by atoms with van der Waals surface area (Å²) in [6.45, 7) is 6.69. The molecule has 1 N–H and O–H groups in total. The molecule has 1 aromatic carbocycles. The molecule has 5 heteroatoms. The minimum Gasteiger partial charge on any atom is -0.496 e. The van der Waals surface area contributed by atoms with E-state index >= 15 is 0 Å². The Morgan fingerprint density at radius 3 is 2.86 bits per heavy atom. The van der Waals surface area contributed by atoms with Gasteiger partial charge < -0.3 is 15.0 Å². The molecule has 2 rings (SSSR count). The maximum Gasteiger partial charge on any atom is 0.223 e. The van der Waals surface area contributed by atoms with Crippen LogP contribution in [0.2, 0.25) is 0 Å². The van der Waals surface area contributed by atoms with Gasteiger partial charge in [0.05, 0.1) is 7.11 Å². The number of hydrogen-bond acceptors (Lipinski definition) is 3. The van der Waals surface area contributed by atoms with E-state index in [-0.39, 0.29) is 24.2 Å². The number of methoxy groups -OCH3 is 1. The summed E-state index contributed by atoms with van der Waals surface area (Å²) in [6.07, 6.45) is 0.535. The highest BCUT2D eigenvalue weighted by molar-refractivity contribution is 5.85. The van der Waals surface area contributed by atoms with Crippen molar-refractivity contribution in [2.24, 2.45) is 0 Å². The molecule has 21 heavy (non-hydrogen) atoms. The minimum absolute atomic E-state index is 0. The van der Waals surface area contributed by atoms with Crippen LogP contribution in [-0.2, 0) is 4.79 Å². The van der Waals surface area contributed by atoms with E-state index in [1.165, 1.54) is 0 Å². The molecule has 1 aliphatic heterocycles. The molecule has 1 aromatic rings. The molecule has 2 unspecified atom stereocenters. The van der Waals surface area contributed by atoms with E-state index in [1.807, 2.05) is 29.2 Å². The Morgan fingerprint density at radius 2 is 2.19 bits per heavy atom. The molecule has 1 fully saturated rings. The van der Waals surface area contributed by atoms with Crippen molar-refractivity contribution in [2.75, 3.05) is 26.7 Å². The van der Waals surface area contributed by atoms with Crippen molar-refractivity contribution >= 4 is 18.3 Å². The third kappa shape index (κ3) is 4.61. The number of carbonyl (C=O) groups excluding carboxylic acids is 1. The second kappa shape index (κ2) is 8.25. The second-order valence-corrected chi connectivity index (χ2v) is 5.54. The van der Waals surface area contributed by atoms with Gasteiger partial charge in [-0.05, 0) is 24.5 Å². The minimum atomic E-state index is 0. The van der Waals surface area contributed by atoms with Gasteiger partial charge in [0, 0.05) is 32.1 Å². The van der Waals surface area contributed by atoms with E-state index in [0.717, 1.165) is 30.9 Å². The van der Waals surface area contributed by atoms with Crippen LogP contribution in [0.15, 0.2) is 24.3 Å². The van der Waals surface area contributed by atoms with Crippen LogP contribution in [-0.4, -0.2) is 43.6 Å². The van der Waals surface area contributed by atoms with Crippen LogP contribution in [0.1, 0.15) is 31.7 Å². The first kappa shape index (κ1) is 17.8. The highest BCUT2D eigenvalue weighted by atomic mass is 35.5. The monoisotopic (exact) mass is 312 g/mol. The van der Waals surface area contributed by atoms with E-state index in [0.29, 0.717) is 12.5 Å². The van der Waals surface area contributed by atoms with Crippen molar-refractivity contribution in [1.82, 2.24) is 10.2 Å². The number of benzene rings is 1. The van der Waals surface area contributed by atoms with E-state index in [1.54, 1.807) is 7.11 Å². The zero-order valence-corrected chi connectivity index (χ0v) is 13.8. The lowest BCUT2D eigenvalue weighted by Crippen LogP contribution is -2.51. The molecule has 1 amide bonds. The Kier molecular flexibility index (Phi) is 6.99. The van der Waals surface area contributed by atoms with Gasteiger partial charge >= 0.3 is 0 Å². The van der Waals surface area contributed by atoms with Crippen LogP contribution in [0.5, 0.6) is 5.75 Å². The van der Waals surface area contributed by atoms with Crippen LogP contribution in [0.4, 0.5) is 0 Å². The van der Waals surface area contributed by atoms with Gasteiger partial charge in [0.1, 0.15) is 5.75 Å². The molecule has 0 aromatic heterocycles. The average Bonchev–Trinajstić information content (AvgIpc) is 2.47. The molecule has 2 atom stereocenters. The molecule has 0 saturated carbocycles. The molecule has 0 bridgehead atoms. The topological polar surface area (TPSA) is 41.6 Å². The zero-order chi connectivity index (χ0) is 14.5. The Bertz CT molecular complexity index is 467. The number of nitrogens with one attached hydrogen (secondary N) is 1. The maximum absolute atomic E-state index is 12.4. The van der Waals surface area contributed by atoms with Gasteiger partial charge in [-0.15, -0.1) is 12.4 Å². The first-order chi connectivity index (χ1) is 9.61. The number of ether oxygens (including phenoxy) is 1. The molecule has 0 aliphatic carbocycles. The van der Waals surface area contributed by atoms with E-state index in [2.05, 4.69) is 19.2 Å².